The molecular weight excluding hydrogens is 300 g/mol. The second-order valence-electron chi connectivity index (χ2n) is 4.41. The van der Waals surface area contributed by atoms with Crippen LogP contribution in [0.2, 0.25) is 0 Å². The van der Waals surface area contributed by atoms with Crippen LogP contribution in [0, 0.1) is 0 Å². The molecule has 0 radical (unpaired) electrons. The number of para-hydroxylation sites is 1. The summed E-state index contributed by atoms with van der Waals surface area (Å²) in [6.45, 7) is 2.59. The fourth-order valence-electron chi connectivity index (χ4n) is 1.99. The van der Waals surface area contributed by atoms with E-state index in [4.69, 9.17) is 0 Å². The quantitative estimate of drug-likeness (QED) is 0.788. The fourth-order valence-corrected chi connectivity index (χ4v) is 3.77. The van der Waals surface area contributed by atoms with Crippen molar-refractivity contribution in [3.63, 3.8) is 0 Å². The molecule has 0 aliphatic carbocycles. The van der Waals surface area contributed by atoms with Crippen molar-refractivity contribution >= 4 is 45.9 Å². The summed E-state index contributed by atoms with van der Waals surface area (Å²) in [6, 6.07) is 13.7. The SMILES string of the molecule is CCN1C(=O)/C(=C\c2cccs2)SC1=Nc1ccccc1. The lowest BCUT2D eigenvalue weighted by Gasteiger charge is -2.11. The van der Waals surface area contributed by atoms with Gasteiger partial charge in [-0.05, 0) is 48.3 Å². The standard InChI is InChI=1S/C16H14N2OS2/c1-2-18-15(19)14(11-13-9-6-10-20-13)21-16(18)17-12-7-4-3-5-8-12/h3-11H,2H2,1H3/b14-11+,17-16?. The van der Waals surface area contributed by atoms with Gasteiger partial charge in [-0.15, -0.1) is 11.3 Å². The summed E-state index contributed by atoms with van der Waals surface area (Å²) in [4.78, 5) is 20.5. The summed E-state index contributed by atoms with van der Waals surface area (Å²) in [6.07, 6.45) is 1.94. The number of thioether (sulfide) groups is 1. The first-order valence-corrected chi connectivity index (χ1v) is 8.36. The Morgan fingerprint density at radius 1 is 1.19 bits per heavy atom. The fraction of sp³-hybridized carbons (Fsp3) is 0.125. The van der Waals surface area contributed by atoms with E-state index in [1.54, 1.807) is 16.2 Å². The number of amidine groups is 1. The third kappa shape index (κ3) is 3.09. The minimum absolute atomic E-state index is 0.0329. The van der Waals surface area contributed by atoms with Gasteiger partial charge < -0.3 is 0 Å². The Labute approximate surface area is 132 Å². The predicted octanol–water partition coefficient (Wildman–Crippen LogP) is 4.37. The van der Waals surface area contributed by atoms with Gasteiger partial charge in [0.25, 0.3) is 5.91 Å². The second kappa shape index (κ2) is 6.28. The monoisotopic (exact) mass is 314 g/mol. The van der Waals surface area contributed by atoms with E-state index in [1.807, 2.05) is 60.8 Å². The first-order valence-electron chi connectivity index (χ1n) is 6.66. The van der Waals surface area contributed by atoms with Crippen molar-refractivity contribution in [1.29, 1.82) is 0 Å². The van der Waals surface area contributed by atoms with Crippen LogP contribution in [-0.2, 0) is 4.79 Å². The molecule has 1 fully saturated rings. The molecule has 2 aromatic rings. The highest BCUT2D eigenvalue weighted by atomic mass is 32.2. The molecule has 3 rings (SSSR count). The van der Waals surface area contributed by atoms with Gasteiger partial charge in [0, 0.05) is 11.4 Å². The Hall–Kier alpha value is -1.85. The number of carbonyl (C=O) groups excluding carboxylic acids is 1. The molecule has 1 saturated heterocycles. The summed E-state index contributed by atoms with van der Waals surface area (Å²) in [5.74, 6) is 0.0329. The van der Waals surface area contributed by atoms with Crippen LogP contribution in [0.15, 0.2) is 57.7 Å². The van der Waals surface area contributed by atoms with Crippen LogP contribution < -0.4 is 0 Å². The maximum absolute atomic E-state index is 12.4. The summed E-state index contributed by atoms with van der Waals surface area (Å²) in [5.41, 5.74) is 0.864. The van der Waals surface area contributed by atoms with Crippen LogP contribution in [0.3, 0.4) is 0 Å². The molecule has 0 atom stereocenters. The Morgan fingerprint density at radius 2 is 2.00 bits per heavy atom. The highest BCUT2D eigenvalue weighted by Crippen LogP contribution is 2.34. The first-order chi connectivity index (χ1) is 10.3. The number of amides is 1. The van der Waals surface area contributed by atoms with E-state index in [0.717, 1.165) is 20.6 Å². The number of likely N-dealkylation sites (N-methyl/N-ethyl adjacent to an activating group) is 1. The van der Waals surface area contributed by atoms with E-state index in [9.17, 15) is 4.79 Å². The molecule has 3 nitrogen and oxygen atoms in total. The second-order valence-corrected chi connectivity index (χ2v) is 6.39. The van der Waals surface area contributed by atoms with Crippen molar-refractivity contribution in [2.24, 2.45) is 4.99 Å². The normalized spacial score (nSPS) is 18.9. The number of hydrogen-bond acceptors (Lipinski definition) is 4. The van der Waals surface area contributed by atoms with Gasteiger partial charge >= 0.3 is 0 Å². The molecule has 0 N–H and O–H groups in total. The zero-order chi connectivity index (χ0) is 14.7. The average Bonchev–Trinajstić information content (AvgIpc) is 3.10. The summed E-state index contributed by atoms with van der Waals surface area (Å²) < 4.78 is 0. The molecule has 0 unspecified atom stereocenters. The van der Waals surface area contributed by atoms with Gasteiger partial charge in [-0.2, -0.15) is 0 Å². The van der Waals surface area contributed by atoms with Gasteiger partial charge in [0.1, 0.15) is 0 Å². The van der Waals surface area contributed by atoms with Crippen molar-refractivity contribution in [2.75, 3.05) is 6.54 Å². The van der Waals surface area contributed by atoms with Crippen LogP contribution in [0.4, 0.5) is 5.69 Å². The van der Waals surface area contributed by atoms with Gasteiger partial charge in [-0.3, -0.25) is 9.69 Å². The number of benzene rings is 1. The lowest BCUT2D eigenvalue weighted by Crippen LogP contribution is -2.28. The van der Waals surface area contributed by atoms with E-state index in [2.05, 4.69) is 4.99 Å². The van der Waals surface area contributed by atoms with E-state index >= 15 is 0 Å². The zero-order valence-corrected chi connectivity index (χ0v) is 13.2. The Morgan fingerprint density at radius 3 is 2.67 bits per heavy atom. The lowest BCUT2D eigenvalue weighted by molar-refractivity contribution is -0.122. The highest BCUT2D eigenvalue weighted by molar-refractivity contribution is 8.18. The number of carbonyl (C=O) groups is 1. The molecule has 1 aromatic heterocycles. The molecular formula is C16H14N2OS2. The molecule has 2 heterocycles. The van der Waals surface area contributed by atoms with E-state index in [1.165, 1.54) is 11.8 Å². The number of rotatable bonds is 3. The summed E-state index contributed by atoms with van der Waals surface area (Å²) in [7, 11) is 0. The highest BCUT2D eigenvalue weighted by Gasteiger charge is 2.32. The van der Waals surface area contributed by atoms with Gasteiger partial charge in [0.15, 0.2) is 5.17 Å². The van der Waals surface area contributed by atoms with Crippen LogP contribution >= 0.6 is 23.1 Å². The van der Waals surface area contributed by atoms with Gasteiger partial charge in [0.05, 0.1) is 10.6 Å². The molecule has 106 valence electrons. The number of thiophene rings is 1. The van der Waals surface area contributed by atoms with Crippen molar-refractivity contribution in [3.05, 3.63) is 57.6 Å². The number of hydrogen-bond donors (Lipinski definition) is 0. The van der Waals surface area contributed by atoms with Crippen LogP contribution in [0.5, 0.6) is 0 Å². The minimum Gasteiger partial charge on any atom is -0.287 e. The summed E-state index contributed by atoms with van der Waals surface area (Å²) in [5, 5.41) is 2.75. The van der Waals surface area contributed by atoms with Crippen molar-refractivity contribution in [3.8, 4) is 0 Å². The molecule has 1 aliphatic heterocycles. The maximum Gasteiger partial charge on any atom is 0.266 e. The first kappa shape index (κ1) is 14.1. The molecule has 21 heavy (non-hydrogen) atoms. The predicted molar refractivity (Wildman–Crippen MR) is 90.8 cm³/mol. The Kier molecular flexibility index (Phi) is 4.22. The van der Waals surface area contributed by atoms with Crippen molar-refractivity contribution < 1.29 is 4.79 Å². The smallest absolute Gasteiger partial charge is 0.266 e. The largest absolute Gasteiger partial charge is 0.287 e. The van der Waals surface area contributed by atoms with Gasteiger partial charge in [-0.1, -0.05) is 24.3 Å². The van der Waals surface area contributed by atoms with Crippen LogP contribution in [-0.4, -0.2) is 22.5 Å². The number of aliphatic imine (C=N–C) groups is 1. The van der Waals surface area contributed by atoms with E-state index < -0.39 is 0 Å². The molecule has 0 bridgehead atoms. The Balaban J connectivity index is 1.92. The Bertz CT molecular complexity index is 690. The molecule has 1 aliphatic rings. The van der Waals surface area contributed by atoms with Gasteiger partial charge in [0.2, 0.25) is 0 Å². The van der Waals surface area contributed by atoms with Crippen LogP contribution in [0.25, 0.3) is 6.08 Å². The van der Waals surface area contributed by atoms with Gasteiger partial charge in [-0.25, -0.2) is 4.99 Å². The van der Waals surface area contributed by atoms with E-state index in [-0.39, 0.29) is 5.91 Å². The maximum atomic E-state index is 12.4. The average molecular weight is 314 g/mol. The molecule has 5 heteroatoms. The number of nitrogens with zero attached hydrogens (tertiary/aromatic N) is 2. The third-order valence-corrected chi connectivity index (χ3v) is 4.83. The minimum atomic E-state index is 0.0329. The molecule has 1 aromatic carbocycles. The molecule has 1 amide bonds. The zero-order valence-electron chi connectivity index (χ0n) is 11.5. The summed E-state index contributed by atoms with van der Waals surface area (Å²) >= 11 is 3.06. The van der Waals surface area contributed by atoms with Crippen LogP contribution in [0.1, 0.15) is 11.8 Å². The third-order valence-electron chi connectivity index (χ3n) is 3.00. The lowest BCUT2D eigenvalue weighted by atomic mass is 10.3. The van der Waals surface area contributed by atoms with Crippen molar-refractivity contribution in [1.82, 2.24) is 4.90 Å². The molecule has 0 saturated carbocycles. The van der Waals surface area contributed by atoms with E-state index in [0.29, 0.717) is 6.54 Å². The van der Waals surface area contributed by atoms with Crippen molar-refractivity contribution in [2.45, 2.75) is 6.92 Å². The molecule has 0 spiro atoms. The topological polar surface area (TPSA) is 32.7 Å².